The molecule has 164 valence electrons. The first-order valence-electron chi connectivity index (χ1n) is 9.50. The van der Waals surface area contributed by atoms with Crippen LogP contribution in [0.2, 0.25) is 0 Å². The summed E-state index contributed by atoms with van der Waals surface area (Å²) in [5.41, 5.74) is 0. The molecule has 0 fully saturated rings. The number of hydrogen-bond acceptors (Lipinski definition) is 5. The van der Waals surface area contributed by atoms with Crippen LogP contribution in [0.25, 0.3) is 0 Å². The Morgan fingerprint density at radius 1 is 0.516 bits per heavy atom. The molecule has 5 nitrogen and oxygen atoms in total. The number of allylic oxidation sites excluding steroid dienone is 4. The van der Waals surface area contributed by atoms with Gasteiger partial charge in [-0.2, -0.15) is 0 Å². The molecule has 0 aromatic heterocycles. The van der Waals surface area contributed by atoms with Crippen LogP contribution in [0.5, 0.6) is 34.5 Å². The van der Waals surface area contributed by atoms with Crippen LogP contribution < -0.4 is 23.7 Å². The van der Waals surface area contributed by atoms with Gasteiger partial charge in [0.05, 0.1) is 25.0 Å². The summed E-state index contributed by atoms with van der Waals surface area (Å²) in [7, 11) is 0. The lowest BCUT2D eigenvalue weighted by atomic mass is 10.2. The SMILES string of the molecule is C/C=C/Oc1cc(Br)cc(O/C=C/C)c1Oc1c(O/C=C/C)cc(Br)cc1O/C=C/C. The summed E-state index contributed by atoms with van der Waals surface area (Å²) < 4.78 is 30.9. The molecular weight excluding hydrogens is 528 g/mol. The predicted molar refractivity (Wildman–Crippen MR) is 130 cm³/mol. The van der Waals surface area contributed by atoms with Crippen LogP contribution in [0.15, 0.2) is 82.6 Å². The lowest BCUT2D eigenvalue weighted by Crippen LogP contribution is -1.98. The Hall–Kier alpha value is -2.64. The first-order valence-corrected chi connectivity index (χ1v) is 11.1. The zero-order chi connectivity index (χ0) is 22.6. The molecule has 0 atom stereocenters. The highest BCUT2D eigenvalue weighted by Crippen LogP contribution is 2.49. The molecule has 0 radical (unpaired) electrons. The molecule has 0 bridgehead atoms. The Morgan fingerprint density at radius 2 is 0.774 bits per heavy atom. The van der Waals surface area contributed by atoms with Gasteiger partial charge in [-0.1, -0.05) is 56.2 Å². The molecule has 2 aromatic carbocycles. The number of benzene rings is 2. The lowest BCUT2D eigenvalue weighted by Gasteiger charge is -2.18. The van der Waals surface area contributed by atoms with Crippen LogP contribution >= 0.6 is 31.9 Å². The Kier molecular flexibility index (Phi) is 10.3. The summed E-state index contributed by atoms with van der Waals surface area (Å²) in [6, 6.07) is 7.15. The Morgan fingerprint density at radius 3 is 1.00 bits per heavy atom. The van der Waals surface area contributed by atoms with Crippen LogP contribution in [-0.2, 0) is 0 Å². The molecule has 2 aromatic rings. The maximum Gasteiger partial charge on any atom is 0.212 e. The molecule has 0 saturated carbocycles. The van der Waals surface area contributed by atoms with Gasteiger partial charge in [-0.05, 0) is 52.0 Å². The first-order chi connectivity index (χ1) is 15.0. The van der Waals surface area contributed by atoms with Crippen LogP contribution in [0.1, 0.15) is 27.7 Å². The van der Waals surface area contributed by atoms with Gasteiger partial charge in [0.2, 0.25) is 11.5 Å². The van der Waals surface area contributed by atoms with Crippen molar-refractivity contribution in [2.75, 3.05) is 0 Å². The molecular formula is C24H24Br2O5. The third kappa shape index (κ3) is 7.22. The van der Waals surface area contributed by atoms with Crippen molar-refractivity contribution in [3.63, 3.8) is 0 Å². The van der Waals surface area contributed by atoms with Gasteiger partial charge in [-0.3, -0.25) is 0 Å². The Bertz CT molecular complexity index is 844. The zero-order valence-electron chi connectivity index (χ0n) is 17.7. The minimum absolute atomic E-state index is 0.359. The molecule has 2 rings (SSSR count). The standard InChI is InChI=1S/C24H24Br2O5/c1-5-9-27-19-13-17(25)14-20(28-10-6-2)23(19)31-24-21(29-11-7-3)15-18(26)16-22(24)30-12-8-4/h5-16H,1-4H3/b9-5+,10-6+,11-7+,12-8+. The zero-order valence-corrected chi connectivity index (χ0v) is 20.9. The van der Waals surface area contributed by atoms with Gasteiger partial charge in [-0.15, -0.1) is 0 Å². The van der Waals surface area contributed by atoms with Gasteiger partial charge < -0.3 is 23.7 Å². The fourth-order valence-corrected chi connectivity index (χ4v) is 3.14. The van der Waals surface area contributed by atoms with Gasteiger partial charge in [0, 0.05) is 8.95 Å². The van der Waals surface area contributed by atoms with Gasteiger partial charge in [0.1, 0.15) is 0 Å². The van der Waals surface area contributed by atoms with Crippen molar-refractivity contribution in [1.82, 2.24) is 0 Å². The van der Waals surface area contributed by atoms with Crippen LogP contribution in [0.4, 0.5) is 0 Å². The minimum atomic E-state index is 0.359. The smallest absolute Gasteiger partial charge is 0.212 e. The molecule has 7 heteroatoms. The van der Waals surface area contributed by atoms with E-state index in [0.29, 0.717) is 34.5 Å². The topological polar surface area (TPSA) is 46.2 Å². The Balaban J connectivity index is 2.68. The largest absolute Gasteiger partial charge is 0.461 e. The van der Waals surface area contributed by atoms with E-state index in [1.807, 2.05) is 27.7 Å². The quantitative estimate of drug-likeness (QED) is 0.276. The van der Waals surface area contributed by atoms with E-state index >= 15 is 0 Å². The molecule has 31 heavy (non-hydrogen) atoms. The minimum Gasteiger partial charge on any atom is -0.461 e. The highest BCUT2D eigenvalue weighted by molar-refractivity contribution is 9.10. The van der Waals surface area contributed by atoms with E-state index in [0.717, 1.165) is 8.95 Å². The summed E-state index contributed by atoms with van der Waals surface area (Å²) in [5, 5.41) is 0. The van der Waals surface area contributed by atoms with Gasteiger partial charge >= 0.3 is 0 Å². The maximum atomic E-state index is 6.32. The monoisotopic (exact) mass is 550 g/mol. The molecule has 0 amide bonds. The molecule has 0 N–H and O–H groups in total. The van der Waals surface area contributed by atoms with Crippen LogP contribution in [0, 0.1) is 0 Å². The molecule has 0 saturated heterocycles. The van der Waals surface area contributed by atoms with Crippen LogP contribution in [-0.4, -0.2) is 0 Å². The predicted octanol–water partition coefficient (Wildman–Crippen LogP) is 8.65. The van der Waals surface area contributed by atoms with E-state index in [9.17, 15) is 0 Å². The average molecular weight is 552 g/mol. The van der Waals surface area contributed by atoms with Crippen molar-refractivity contribution in [1.29, 1.82) is 0 Å². The molecule has 0 spiro atoms. The number of halogens is 2. The highest BCUT2D eigenvalue weighted by atomic mass is 79.9. The highest BCUT2D eigenvalue weighted by Gasteiger charge is 2.21. The van der Waals surface area contributed by atoms with E-state index in [4.69, 9.17) is 23.7 Å². The van der Waals surface area contributed by atoms with Crippen molar-refractivity contribution in [2.24, 2.45) is 0 Å². The first kappa shape index (κ1) is 24.6. The molecule has 0 aliphatic rings. The molecule has 0 aliphatic heterocycles. The summed E-state index contributed by atoms with van der Waals surface area (Å²) >= 11 is 6.97. The van der Waals surface area contributed by atoms with E-state index in [2.05, 4.69) is 31.9 Å². The van der Waals surface area contributed by atoms with E-state index in [1.54, 1.807) is 73.6 Å². The number of ether oxygens (including phenoxy) is 5. The van der Waals surface area contributed by atoms with Gasteiger partial charge in [-0.25, -0.2) is 0 Å². The van der Waals surface area contributed by atoms with Crippen molar-refractivity contribution in [3.8, 4) is 34.5 Å². The fraction of sp³-hybridized carbons (Fsp3) is 0.167. The summed E-state index contributed by atoms with van der Waals surface area (Å²) in [5.74, 6) is 2.51. The van der Waals surface area contributed by atoms with Gasteiger partial charge in [0.15, 0.2) is 23.0 Å². The summed E-state index contributed by atoms with van der Waals surface area (Å²) in [6.45, 7) is 7.43. The summed E-state index contributed by atoms with van der Waals surface area (Å²) in [6.07, 6.45) is 13.3. The third-order valence-electron chi connectivity index (χ3n) is 3.50. The fourth-order valence-electron chi connectivity index (χ4n) is 2.31. The maximum absolute atomic E-state index is 6.32. The van der Waals surface area contributed by atoms with E-state index < -0.39 is 0 Å². The van der Waals surface area contributed by atoms with Crippen molar-refractivity contribution in [3.05, 3.63) is 82.6 Å². The lowest BCUT2D eigenvalue weighted by molar-refractivity contribution is 0.352. The second-order valence-corrected chi connectivity index (χ2v) is 7.74. The van der Waals surface area contributed by atoms with Gasteiger partial charge in [0.25, 0.3) is 0 Å². The molecule has 0 aliphatic carbocycles. The second kappa shape index (κ2) is 12.9. The third-order valence-corrected chi connectivity index (χ3v) is 4.42. The van der Waals surface area contributed by atoms with E-state index in [1.165, 1.54) is 0 Å². The summed E-state index contributed by atoms with van der Waals surface area (Å²) in [4.78, 5) is 0. The molecule has 0 heterocycles. The average Bonchev–Trinajstić information content (AvgIpc) is 2.75. The number of hydrogen-bond donors (Lipinski definition) is 0. The molecule has 0 unspecified atom stereocenters. The van der Waals surface area contributed by atoms with Crippen LogP contribution in [0.3, 0.4) is 0 Å². The number of rotatable bonds is 10. The Labute approximate surface area is 199 Å². The second-order valence-electron chi connectivity index (χ2n) is 5.91. The van der Waals surface area contributed by atoms with Crippen molar-refractivity contribution in [2.45, 2.75) is 27.7 Å². The van der Waals surface area contributed by atoms with Crippen molar-refractivity contribution < 1.29 is 23.7 Å². The van der Waals surface area contributed by atoms with E-state index in [-0.39, 0.29) is 0 Å². The van der Waals surface area contributed by atoms with Crippen molar-refractivity contribution >= 4 is 31.9 Å². The normalized spacial score (nSPS) is 11.7.